The number of nitrogens with zero attached hydrogens (tertiary/aromatic N) is 1. The molecule has 0 radical (unpaired) electrons. The van der Waals surface area contributed by atoms with E-state index in [0.717, 1.165) is 33.5 Å². The van der Waals surface area contributed by atoms with Crippen LogP contribution >= 0.6 is 0 Å². The summed E-state index contributed by atoms with van der Waals surface area (Å²) in [6.07, 6.45) is 0. The van der Waals surface area contributed by atoms with Crippen LogP contribution in [0.4, 0.5) is 0 Å². The van der Waals surface area contributed by atoms with Crippen molar-refractivity contribution in [1.29, 1.82) is 0 Å². The van der Waals surface area contributed by atoms with Gasteiger partial charge in [-0.05, 0) is 25.1 Å². The fourth-order valence-corrected chi connectivity index (χ4v) is 2.93. The lowest BCUT2D eigenvalue weighted by Crippen LogP contribution is -2.11. The third-order valence-electron chi connectivity index (χ3n) is 3.91. The Kier molecular flexibility index (Phi) is 2.56. The van der Waals surface area contributed by atoms with E-state index in [0.29, 0.717) is 11.1 Å². The topological polar surface area (TPSA) is 87.6 Å². The van der Waals surface area contributed by atoms with Crippen LogP contribution in [0.1, 0.15) is 16.1 Å². The van der Waals surface area contributed by atoms with Crippen LogP contribution in [0.5, 0.6) is 0 Å². The highest BCUT2D eigenvalue weighted by molar-refractivity contribution is 6.05. The van der Waals surface area contributed by atoms with Gasteiger partial charge in [-0.3, -0.25) is 4.79 Å². The summed E-state index contributed by atoms with van der Waals surface area (Å²) in [7, 11) is 0. The van der Waals surface area contributed by atoms with Gasteiger partial charge in [-0.25, -0.2) is 4.98 Å². The second-order valence-corrected chi connectivity index (χ2v) is 5.32. The monoisotopic (exact) mass is 290 g/mol. The van der Waals surface area contributed by atoms with E-state index in [2.05, 4.69) is 21.0 Å². The van der Waals surface area contributed by atoms with Crippen LogP contribution in [-0.2, 0) is 0 Å². The van der Waals surface area contributed by atoms with Crippen LogP contribution in [0.15, 0.2) is 42.5 Å². The molecule has 4 N–H and O–H groups in total. The van der Waals surface area contributed by atoms with E-state index in [1.807, 2.05) is 31.2 Å². The van der Waals surface area contributed by atoms with E-state index in [-0.39, 0.29) is 0 Å². The molecule has 22 heavy (non-hydrogen) atoms. The number of benzene rings is 2. The predicted octanol–water partition coefficient (Wildman–Crippen LogP) is 3.12. The molecule has 5 nitrogen and oxygen atoms in total. The van der Waals surface area contributed by atoms with E-state index in [9.17, 15) is 4.79 Å². The van der Waals surface area contributed by atoms with Crippen molar-refractivity contribution in [2.24, 2.45) is 5.73 Å². The van der Waals surface area contributed by atoms with Gasteiger partial charge in [0.2, 0.25) is 0 Å². The average molecular weight is 290 g/mol. The molecule has 4 rings (SSSR count). The van der Waals surface area contributed by atoms with Crippen molar-refractivity contribution in [1.82, 2.24) is 15.0 Å². The number of aryl methyl sites for hydroxylation is 1. The summed E-state index contributed by atoms with van der Waals surface area (Å²) in [6.45, 7) is 2.01. The summed E-state index contributed by atoms with van der Waals surface area (Å²) in [5.41, 5.74) is 10.4. The lowest BCUT2D eigenvalue weighted by atomic mass is 10.1. The first-order chi connectivity index (χ1) is 10.6. The Labute approximate surface area is 126 Å². The Hall–Kier alpha value is -3.08. The summed E-state index contributed by atoms with van der Waals surface area (Å²) < 4.78 is 0. The molecule has 2 aromatic carbocycles. The highest BCUT2D eigenvalue weighted by Gasteiger charge is 2.16. The van der Waals surface area contributed by atoms with Crippen LogP contribution in [0.25, 0.3) is 33.3 Å². The first kappa shape index (κ1) is 12.6. The zero-order valence-electron chi connectivity index (χ0n) is 12.0. The molecule has 108 valence electrons. The van der Waals surface area contributed by atoms with Gasteiger partial charge >= 0.3 is 0 Å². The number of carbonyl (C=O) groups is 1. The summed E-state index contributed by atoms with van der Waals surface area (Å²) >= 11 is 0. The van der Waals surface area contributed by atoms with E-state index in [4.69, 9.17) is 5.73 Å². The minimum absolute atomic E-state index is 0.428. The van der Waals surface area contributed by atoms with Crippen molar-refractivity contribution in [3.05, 3.63) is 53.7 Å². The van der Waals surface area contributed by atoms with Crippen LogP contribution in [0.3, 0.4) is 0 Å². The normalized spacial score (nSPS) is 11.3. The van der Waals surface area contributed by atoms with Crippen molar-refractivity contribution in [2.75, 3.05) is 0 Å². The van der Waals surface area contributed by atoms with Gasteiger partial charge in [-0.1, -0.05) is 24.3 Å². The Bertz CT molecular complexity index is 1030. The largest absolute Gasteiger partial charge is 0.366 e. The zero-order chi connectivity index (χ0) is 15.3. The molecular formula is C17H14N4O. The van der Waals surface area contributed by atoms with Crippen molar-refractivity contribution in [3.8, 4) is 11.4 Å². The number of primary amides is 1. The van der Waals surface area contributed by atoms with Gasteiger partial charge in [0.1, 0.15) is 11.3 Å². The van der Waals surface area contributed by atoms with Gasteiger partial charge < -0.3 is 15.7 Å². The maximum atomic E-state index is 11.6. The van der Waals surface area contributed by atoms with Crippen LogP contribution < -0.4 is 5.73 Å². The fraction of sp³-hybridized carbons (Fsp3) is 0.0588. The highest BCUT2D eigenvalue weighted by Crippen LogP contribution is 2.31. The Morgan fingerprint density at radius 1 is 1.05 bits per heavy atom. The van der Waals surface area contributed by atoms with Gasteiger partial charge in [-0.15, -0.1) is 0 Å². The Morgan fingerprint density at radius 2 is 1.82 bits per heavy atom. The standard InChI is InChI=1S/C17H14N4O/c1-9-14(10-5-2-3-7-12(10)19-9)17-20-13-8-4-6-11(16(18)22)15(13)21-17/h2-8,19H,1H3,(H2,18,22)(H,20,21). The van der Waals surface area contributed by atoms with Crippen LogP contribution in [-0.4, -0.2) is 20.9 Å². The molecule has 5 heteroatoms. The third-order valence-corrected chi connectivity index (χ3v) is 3.91. The lowest BCUT2D eigenvalue weighted by Gasteiger charge is -1.96. The molecule has 0 aliphatic carbocycles. The minimum Gasteiger partial charge on any atom is -0.366 e. The number of imidazole rings is 1. The smallest absolute Gasteiger partial charge is 0.250 e. The van der Waals surface area contributed by atoms with Gasteiger partial charge in [0.15, 0.2) is 0 Å². The second-order valence-electron chi connectivity index (χ2n) is 5.32. The van der Waals surface area contributed by atoms with Crippen LogP contribution in [0.2, 0.25) is 0 Å². The maximum absolute atomic E-state index is 11.6. The molecule has 1 amide bonds. The summed E-state index contributed by atoms with van der Waals surface area (Å²) in [5, 5.41) is 1.10. The molecule has 0 aliphatic heterocycles. The van der Waals surface area contributed by atoms with E-state index in [1.165, 1.54) is 0 Å². The fourth-order valence-electron chi connectivity index (χ4n) is 2.93. The van der Waals surface area contributed by atoms with Gasteiger partial charge in [0.25, 0.3) is 5.91 Å². The first-order valence-corrected chi connectivity index (χ1v) is 7.01. The van der Waals surface area contributed by atoms with Crippen molar-refractivity contribution in [3.63, 3.8) is 0 Å². The molecule has 0 spiro atoms. The minimum atomic E-state index is -0.473. The Morgan fingerprint density at radius 3 is 2.64 bits per heavy atom. The zero-order valence-corrected chi connectivity index (χ0v) is 12.0. The number of nitrogens with two attached hydrogens (primary N) is 1. The molecular weight excluding hydrogens is 276 g/mol. The number of para-hydroxylation sites is 2. The van der Waals surface area contributed by atoms with Gasteiger partial charge in [0.05, 0.1) is 11.1 Å². The molecule has 0 atom stereocenters. The SMILES string of the molecule is Cc1[nH]c2ccccc2c1-c1nc2c(C(N)=O)cccc2[nH]1. The molecule has 2 heterocycles. The molecule has 0 saturated heterocycles. The number of hydrogen-bond donors (Lipinski definition) is 3. The number of aromatic amines is 2. The van der Waals surface area contributed by atoms with Gasteiger partial charge in [0, 0.05) is 22.2 Å². The van der Waals surface area contributed by atoms with Crippen molar-refractivity contribution >= 4 is 27.8 Å². The number of rotatable bonds is 2. The number of aromatic nitrogens is 3. The predicted molar refractivity (Wildman–Crippen MR) is 86.6 cm³/mol. The van der Waals surface area contributed by atoms with E-state index >= 15 is 0 Å². The maximum Gasteiger partial charge on any atom is 0.250 e. The summed E-state index contributed by atoms with van der Waals surface area (Å²) in [6, 6.07) is 13.5. The molecule has 0 fully saturated rings. The third kappa shape index (κ3) is 1.72. The van der Waals surface area contributed by atoms with Crippen molar-refractivity contribution < 1.29 is 4.79 Å². The number of nitrogens with one attached hydrogen (secondary N) is 2. The second kappa shape index (κ2) is 4.46. The number of fused-ring (bicyclic) bond motifs is 2. The Balaban J connectivity index is 2.03. The molecule has 4 aromatic rings. The quantitative estimate of drug-likeness (QED) is 0.529. The van der Waals surface area contributed by atoms with E-state index in [1.54, 1.807) is 12.1 Å². The average Bonchev–Trinajstić information content (AvgIpc) is 3.05. The number of hydrogen-bond acceptors (Lipinski definition) is 2. The summed E-state index contributed by atoms with van der Waals surface area (Å²) in [5.74, 6) is 0.262. The first-order valence-electron chi connectivity index (χ1n) is 7.01. The molecule has 0 aliphatic rings. The van der Waals surface area contributed by atoms with Crippen molar-refractivity contribution in [2.45, 2.75) is 6.92 Å². The molecule has 2 aromatic heterocycles. The molecule has 0 saturated carbocycles. The molecule has 0 bridgehead atoms. The van der Waals surface area contributed by atoms with E-state index < -0.39 is 5.91 Å². The van der Waals surface area contributed by atoms with Gasteiger partial charge in [-0.2, -0.15) is 0 Å². The number of amides is 1. The highest BCUT2D eigenvalue weighted by atomic mass is 16.1. The summed E-state index contributed by atoms with van der Waals surface area (Å²) in [4.78, 5) is 22.8. The van der Waals surface area contributed by atoms with Crippen LogP contribution in [0, 0.1) is 6.92 Å². The number of H-pyrrole nitrogens is 2. The lowest BCUT2D eigenvalue weighted by molar-refractivity contribution is 0.100. The number of carbonyl (C=O) groups excluding carboxylic acids is 1. The molecule has 0 unspecified atom stereocenters.